The number of nitrogens with one attached hydrogen (secondary N) is 1. The van der Waals surface area contributed by atoms with E-state index in [1.807, 2.05) is 0 Å². The van der Waals surface area contributed by atoms with Gasteiger partial charge in [-0.1, -0.05) is 23.7 Å². The molecule has 0 aliphatic carbocycles. The van der Waals surface area contributed by atoms with Gasteiger partial charge in [-0.2, -0.15) is 0 Å². The molecule has 0 aliphatic rings. The van der Waals surface area contributed by atoms with Crippen LogP contribution in [0.5, 0.6) is 5.75 Å². The normalized spacial score (nSPS) is 10.1. The smallest absolute Gasteiger partial charge is 0.250 e. The summed E-state index contributed by atoms with van der Waals surface area (Å²) in [5.74, 6) is 0.411. The van der Waals surface area contributed by atoms with Gasteiger partial charge < -0.3 is 14.6 Å². The maximum atomic E-state index is 11.7. The molecule has 1 aromatic heterocycles. The lowest BCUT2D eigenvalue weighted by atomic mass is 10.3. The van der Waals surface area contributed by atoms with Crippen LogP contribution in [-0.2, 0) is 11.3 Å². The second-order valence-corrected chi connectivity index (χ2v) is 4.76. The van der Waals surface area contributed by atoms with Gasteiger partial charge in [0.15, 0.2) is 0 Å². The van der Waals surface area contributed by atoms with E-state index in [-0.39, 0.29) is 18.0 Å². The molecule has 0 bridgehead atoms. The fourth-order valence-electron chi connectivity index (χ4n) is 1.72. The van der Waals surface area contributed by atoms with Gasteiger partial charge in [0, 0.05) is 17.3 Å². The summed E-state index contributed by atoms with van der Waals surface area (Å²) in [6.07, 6.45) is 1.57. The molecule has 5 nitrogen and oxygen atoms in total. The first-order valence-corrected chi connectivity index (χ1v) is 6.83. The van der Waals surface area contributed by atoms with Gasteiger partial charge in [-0.3, -0.25) is 9.59 Å². The summed E-state index contributed by atoms with van der Waals surface area (Å²) in [5, 5.41) is 3.28. The monoisotopic (exact) mass is 306 g/mol. The first-order valence-electron chi connectivity index (χ1n) is 6.46. The number of amides is 1. The number of nitrogens with zero attached hydrogens (tertiary/aromatic N) is 1. The van der Waals surface area contributed by atoms with Crippen molar-refractivity contribution in [1.82, 2.24) is 9.88 Å². The van der Waals surface area contributed by atoms with Gasteiger partial charge >= 0.3 is 0 Å². The maximum absolute atomic E-state index is 11.7. The largest absolute Gasteiger partial charge is 0.492 e. The van der Waals surface area contributed by atoms with Gasteiger partial charge in [0.25, 0.3) is 5.56 Å². The zero-order chi connectivity index (χ0) is 15.1. The molecule has 1 amide bonds. The molecule has 0 radical (unpaired) electrons. The molecule has 0 aliphatic heterocycles. The minimum atomic E-state index is -0.238. The van der Waals surface area contributed by atoms with Crippen LogP contribution in [0.15, 0.2) is 53.5 Å². The Morgan fingerprint density at radius 3 is 2.86 bits per heavy atom. The number of ether oxygens (including phenoxy) is 1. The van der Waals surface area contributed by atoms with Crippen LogP contribution in [0.2, 0.25) is 5.02 Å². The predicted molar refractivity (Wildman–Crippen MR) is 80.7 cm³/mol. The van der Waals surface area contributed by atoms with E-state index < -0.39 is 0 Å². The Balaban J connectivity index is 1.72. The number of rotatable bonds is 6. The van der Waals surface area contributed by atoms with Gasteiger partial charge in [-0.05, 0) is 24.3 Å². The minimum absolute atomic E-state index is 0.00314. The molecule has 1 heterocycles. The minimum Gasteiger partial charge on any atom is -0.492 e. The van der Waals surface area contributed by atoms with Gasteiger partial charge in [-0.25, -0.2) is 0 Å². The number of hydrogen-bond acceptors (Lipinski definition) is 3. The quantitative estimate of drug-likeness (QED) is 0.826. The van der Waals surface area contributed by atoms with E-state index in [4.69, 9.17) is 16.3 Å². The topological polar surface area (TPSA) is 60.3 Å². The molecule has 2 aromatic rings. The van der Waals surface area contributed by atoms with Crippen molar-refractivity contribution < 1.29 is 9.53 Å². The number of hydrogen-bond donors (Lipinski definition) is 1. The highest BCUT2D eigenvalue weighted by Gasteiger charge is 2.03. The van der Waals surface area contributed by atoms with Crippen molar-refractivity contribution in [3.05, 3.63) is 64.0 Å². The van der Waals surface area contributed by atoms with Crippen molar-refractivity contribution in [3.8, 4) is 5.75 Å². The summed E-state index contributed by atoms with van der Waals surface area (Å²) in [7, 11) is 0. The predicted octanol–water partition coefficient (Wildman–Crippen LogP) is 1.70. The van der Waals surface area contributed by atoms with E-state index in [2.05, 4.69) is 5.32 Å². The van der Waals surface area contributed by atoms with E-state index in [1.54, 1.807) is 42.6 Å². The highest BCUT2D eigenvalue weighted by Crippen LogP contribution is 2.16. The Morgan fingerprint density at radius 1 is 1.24 bits per heavy atom. The van der Waals surface area contributed by atoms with Crippen LogP contribution in [-0.4, -0.2) is 23.6 Å². The van der Waals surface area contributed by atoms with Gasteiger partial charge in [0.2, 0.25) is 5.91 Å². The van der Waals surface area contributed by atoms with Crippen molar-refractivity contribution in [2.24, 2.45) is 0 Å². The number of pyridine rings is 1. The maximum Gasteiger partial charge on any atom is 0.250 e. The Bertz CT molecular complexity index is 670. The summed E-state index contributed by atoms with van der Waals surface area (Å²) in [6.45, 7) is 0.680. The molecule has 0 saturated carbocycles. The van der Waals surface area contributed by atoms with E-state index >= 15 is 0 Å². The fraction of sp³-hybridized carbons (Fsp3) is 0.200. The number of benzene rings is 1. The van der Waals surface area contributed by atoms with Crippen molar-refractivity contribution in [3.63, 3.8) is 0 Å². The van der Waals surface area contributed by atoms with Crippen LogP contribution in [0, 0.1) is 0 Å². The van der Waals surface area contributed by atoms with Gasteiger partial charge in [0.1, 0.15) is 18.9 Å². The van der Waals surface area contributed by atoms with Crippen molar-refractivity contribution >= 4 is 17.5 Å². The van der Waals surface area contributed by atoms with E-state index in [0.717, 1.165) is 0 Å². The summed E-state index contributed by atoms with van der Waals surface area (Å²) in [6, 6.07) is 11.8. The van der Waals surface area contributed by atoms with Crippen molar-refractivity contribution in [2.75, 3.05) is 13.2 Å². The molecule has 0 saturated heterocycles. The first-order chi connectivity index (χ1) is 10.1. The third-order valence-corrected chi connectivity index (χ3v) is 2.94. The third-order valence-electron chi connectivity index (χ3n) is 2.70. The Kier molecular flexibility index (Phi) is 5.40. The van der Waals surface area contributed by atoms with E-state index in [0.29, 0.717) is 23.9 Å². The standard InChI is InChI=1S/C15H15ClN2O3/c16-12-4-3-5-13(10-12)21-9-7-17-14(19)11-18-8-2-1-6-15(18)20/h1-6,8,10H,7,9,11H2,(H,17,19). The summed E-state index contributed by atoms with van der Waals surface area (Å²) < 4.78 is 6.78. The second kappa shape index (κ2) is 7.50. The average Bonchev–Trinajstić information content (AvgIpc) is 2.46. The molecule has 0 unspecified atom stereocenters. The average molecular weight is 307 g/mol. The Hall–Kier alpha value is -2.27. The molecule has 110 valence electrons. The number of halogens is 1. The molecule has 2 rings (SSSR count). The number of carbonyl (C=O) groups is 1. The van der Waals surface area contributed by atoms with Gasteiger partial charge in [-0.15, -0.1) is 0 Å². The SMILES string of the molecule is O=C(Cn1ccccc1=O)NCCOc1cccc(Cl)c1. The van der Waals surface area contributed by atoms with E-state index in [9.17, 15) is 9.59 Å². The second-order valence-electron chi connectivity index (χ2n) is 4.32. The van der Waals surface area contributed by atoms with Crippen LogP contribution >= 0.6 is 11.6 Å². The molecule has 0 atom stereocenters. The molecule has 21 heavy (non-hydrogen) atoms. The molecule has 0 fully saturated rings. The molecule has 1 aromatic carbocycles. The summed E-state index contributed by atoms with van der Waals surface area (Å²) in [4.78, 5) is 23.1. The summed E-state index contributed by atoms with van der Waals surface area (Å²) >= 11 is 5.83. The molecular formula is C15H15ClN2O3. The third kappa shape index (κ3) is 4.96. The van der Waals surface area contributed by atoms with Crippen LogP contribution in [0.4, 0.5) is 0 Å². The highest BCUT2D eigenvalue weighted by molar-refractivity contribution is 6.30. The van der Waals surface area contributed by atoms with Crippen molar-refractivity contribution in [1.29, 1.82) is 0 Å². The van der Waals surface area contributed by atoms with E-state index in [1.165, 1.54) is 10.6 Å². The lowest BCUT2D eigenvalue weighted by Gasteiger charge is -2.09. The lowest BCUT2D eigenvalue weighted by Crippen LogP contribution is -2.34. The Labute approximate surface area is 127 Å². The fourth-order valence-corrected chi connectivity index (χ4v) is 1.90. The molecule has 1 N–H and O–H groups in total. The van der Waals surface area contributed by atoms with Gasteiger partial charge in [0.05, 0.1) is 6.54 Å². The van der Waals surface area contributed by atoms with Crippen molar-refractivity contribution in [2.45, 2.75) is 6.54 Å². The Morgan fingerprint density at radius 2 is 2.10 bits per heavy atom. The molecular weight excluding hydrogens is 292 g/mol. The zero-order valence-electron chi connectivity index (χ0n) is 11.3. The van der Waals surface area contributed by atoms with Crippen LogP contribution in [0.1, 0.15) is 0 Å². The first kappa shape index (κ1) is 15.1. The van der Waals surface area contributed by atoms with Crippen LogP contribution in [0.25, 0.3) is 0 Å². The zero-order valence-corrected chi connectivity index (χ0v) is 12.0. The number of carbonyl (C=O) groups excluding carboxylic acids is 1. The molecule has 0 spiro atoms. The summed E-state index contributed by atoms with van der Waals surface area (Å²) in [5.41, 5.74) is -0.206. The molecule has 6 heteroatoms. The van der Waals surface area contributed by atoms with Crippen LogP contribution < -0.4 is 15.6 Å². The van der Waals surface area contributed by atoms with Crippen LogP contribution in [0.3, 0.4) is 0 Å². The lowest BCUT2D eigenvalue weighted by molar-refractivity contribution is -0.121. The number of aromatic nitrogens is 1. The highest BCUT2D eigenvalue weighted by atomic mass is 35.5.